The molecule has 0 saturated carbocycles. The number of carbonyl (C=O) groups is 1. The highest BCUT2D eigenvalue weighted by Crippen LogP contribution is 2.33. The Morgan fingerprint density at radius 1 is 1.50 bits per heavy atom. The Bertz CT molecular complexity index is 856. The van der Waals surface area contributed by atoms with Gasteiger partial charge in [0.2, 0.25) is 0 Å². The van der Waals surface area contributed by atoms with E-state index in [0.29, 0.717) is 6.08 Å². The van der Waals surface area contributed by atoms with Gasteiger partial charge in [-0.05, 0) is 7.05 Å². The fourth-order valence-electron chi connectivity index (χ4n) is 1.59. The molecule has 1 aromatic rings. The zero-order valence-corrected chi connectivity index (χ0v) is 11.5. The first-order valence-corrected chi connectivity index (χ1v) is 8.02. The van der Waals surface area contributed by atoms with Crippen molar-refractivity contribution in [2.24, 2.45) is 0 Å². The fraction of sp³-hybridized carbons (Fsp3) is 0.222. The van der Waals surface area contributed by atoms with Gasteiger partial charge in [0, 0.05) is 6.08 Å². The summed E-state index contributed by atoms with van der Waals surface area (Å²) >= 11 is 0. The molecule has 0 fully saturated rings. The molecule has 2 heterocycles. The number of hydrogen-bond donors (Lipinski definition) is 1. The summed E-state index contributed by atoms with van der Waals surface area (Å²) < 4.78 is 53.4. The standard InChI is InChI=1S/C9H7N3O6S2/c1-10-8(20(16,17)11-2)5-3-6(13)19(14,15)9-7(5)12-4-18-9/h3-4,8,11H,2H3. The van der Waals surface area contributed by atoms with Gasteiger partial charge in [-0.2, -0.15) is 0 Å². The van der Waals surface area contributed by atoms with Gasteiger partial charge in [-0.1, -0.05) is 0 Å². The molecule has 11 heteroatoms. The lowest BCUT2D eigenvalue weighted by atomic mass is 10.2. The lowest BCUT2D eigenvalue weighted by molar-refractivity contribution is -0.107. The Labute approximate surface area is 114 Å². The van der Waals surface area contributed by atoms with E-state index in [1.165, 1.54) is 0 Å². The Balaban J connectivity index is 2.73. The fourth-order valence-corrected chi connectivity index (χ4v) is 3.52. The largest absolute Gasteiger partial charge is 0.431 e. The van der Waals surface area contributed by atoms with Crippen LogP contribution in [0.4, 0.5) is 0 Å². The van der Waals surface area contributed by atoms with Gasteiger partial charge in [0.15, 0.2) is 6.39 Å². The molecule has 1 unspecified atom stereocenters. The summed E-state index contributed by atoms with van der Waals surface area (Å²) in [4.78, 5) is 18.1. The third kappa shape index (κ3) is 1.94. The molecule has 106 valence electrons. The molecular formula is C9H7N3O6S2. The molecule has 2 rings (SSSR count). The maximum Gasteiger partial charge on any atom is 0.361 e. The van der Waals surface area contributed by atoms with Crippen LogP contribution in [0.2, 0.25) is 0 Å². The van der Waals surface area contributed by atoms with Crippen LogP contribution in [0.3, 0.4) is 0 Å². The number of rotatable bonds is 3. The number of sulfone groups is 1. The number of sulfonamides is 1. The summed E-state index contributed by atoms with van der Waals surface area (Å²) in [6.45, 7) is 6.96. The Kier molecular flexibility index (Phi) is 3.24. The van der Waals surface area contributed by atoms with E-state index in [4.69, 9.17) is 6.57 Å². The topological polar surface area (TPSA) is 128 Å². The van der Waals surface area contributed by atoms with Gasteiger partial charge in [-0.3, -0.25) is 9.64 Å². The van der Waals surface area contributed by atoms with Crippen LogP contribution >= 0.6 is 0 Å². The molecule has 0 spiro atoms. The van der Waals surface area contributed by atoms with E-state index >= 15 is 0 Å². The first-order chi connectivity index (χ1) is 9.25. The van der Waals surface area contributed by atoms with Gasteiger partial charge < -0.3 is 4.42 Å². The molecule has 0 amide bonds. The van der Waals surface area contributed by atoms with E-state index in [2.05, 4.69) is 14.2 Å². The maximum absolute atomic E-state index is 11.7. The number of carbonyl (C=O) groups excluding carboxylic acids is 1. The molecule has 0 saturated heterocycles. The summed E-state index contributed by atoms with van der Waals surface area (Å²) in [7, 11) is -7.36. The van der Waals surface area contributed by atoms with Crippen molar-refractivity contribution in [1.29, 1.82) is 0 Å². The van der Waals surface area contributed by atoms with Gasteiger partial charge in [0.05, 0.1) is 5.57 Å². The van der Waals surface area contributed by atoms with Crippen LogP contribution in [0.1, 0.15) is 5.69 Å². The zero-order valence-electron chi connectivity index (χ0n) is 9.89. The van der Waals surface area contributed by atoms with E-state index in [9.17, 15) is 21.6 Å². The molecule has 1 N–H and O–H groups in total. The summed E-state index contributed by atoms with van der Waals surface area (Å²) in [6, 6.07) is 0. The molecule has 1 aliphatic rings. The van der Waals surface area contributed by atoms with Gasteiger partial charge in [0.25, 0.3) is 30.1 Å². The van der Waals surface area contributed by atoms with E-state index in [0.717, 1.165) is 13.4 Å². The molecule has 1 aliphatic heterocycles. The minimum atomic E-state index is -4.37. The highest BCUT2D eigenvalue weighted by atomic mass is 32.2. The minimum Gasteiger partial charge on any atom is -0.431 e. The molecule has 1 atom stereocenters. The Hall–Kier alpha value is -2.03. The van der Waals surface area contributed by atoms with Crippen LogP contribution in [-0.2, 0) is 24.7 Å². The molecule has 0 aliphatic carbocycles. The van der Waals surface area contributed by atoms with Crippen molar-refractivity contribution in [3.05, 3.63) is 29.6 Å². The highest BCUT2D eigenvalue weighted by Gasteiger charge is 2.45. The number of oxazole rings is 1. The predicted molar refractivity (Wildman–Crippen MR) is 65.0 cm³/mol. The maximum atomic E-state index is 11.7. The summed E-state index contributed by atoms with van der Waals surface area (Å²) in [5.74, 6) is 0. The molecule has 1 aromatic heterocycles. The second kappa shape index (κ2) is 4.51. The van der Waals surface area contributed by atoms with Crippen molar-refractivity contribution < 1.29 is 26.0 Å². The SMILES string of the molecule is [C-]#[N+]C(C1=CC(=O)S(=O)(=O)c2ocnc21)S(=O)(=O)NC. The second-order valence-electron chi connectivity index (χ2n) is 3.64. The zero-order chi connectivity index (χ0) is 15.1. The third-order valence-corrected chi connectivity index (χ3v) is 5.49. The number of nitrogens with zero attached hydrogens (tertiary/aromatic N) is 2. The summed E-state index contributed by atoms with van der Waals surface area (Å²) in [5, 5.41) is -3.90. The molecule has 0 aromatic carbocycles. The van der Waals surface area contributed by atoms with Crippen LogP contribution < -0.4 is 4.72 Å². The number of fused-ring (bicyclic) bond motifs is 1. The molecule has 9 nitrogen and oxygen atoms in total. The molecule has 0 radical (unpaired) electrons. The van der Waals surface area contributed by atoms with Crippen LogP contribution in [0, 0.1) is 6.57 Å². The van der Waals surface area contributed by atoms with Crippen LogP contribution in [0.15, 0.2) is 22.0 Å². The van der Waals surface area contributed by atoms with Crippen molar-refractivity contribution >= 4 is 30.5 Å². The molecular weight excluding hydrogens is 310 g/mol. The van der Waals surface area contributed by atoms with E-state index in [1.807, 2.05) is 4.72 Å². The van der Waals surface area contributed by atoms with E-state index in [-0.39, 0.29) is 11.3 Å². The number of aromatic nitrogens is 1. The van der Waals surface area contributed by atoms with Crippen LogP contribution in [0.25, 0.3) is 10.4 Å². The smallest absolute Gasteiger partial charge is 0.361 e. The van der Waals surface area contributed by atoms with Crippen molar-refractivity contribution in [3.63, 3.8) is 0 Å². The second-order valence-corrected chi connectivity index (χ2v) is 7.37. The Morgan fingerprint density at radius 3 is 2.70 bits per heavy atom. The monoisotopic (exact) mass is 317 g/mol. The van der Waals surface area contributed by atoms with Gasteiger partial charge in [-0.15, -0.1) is 0 Å². The quantitative estimate of drug-likeness (QED) is 0.720. The summed E-state index contributed by atoms with van der Waals surface area (Å²) in [6.07, 6.45) is 1.35. The van der Waals surface area contributed by atoms with E-state index < -0.39 is 35.4 Å². The van der Waals surface area contributed by atoms with Crippen LogP contribution in [0.5, 0.6) is 0 Å². The van der Waals surface area contributed by atoms with Crippen molar-refractivity contribution in [2.75, 3.05) is 7.05 Å². The average molecular weight is 317 g/mol. The Morgan fingerprint density at radius 2 is 2.15 bits per heavy atom. The lowest BCUT2D eigenvalue weighted by Gasteiger charge is -2.12. The van der Waals surface area contributed by atoms with Crippen molar-refractivity contribution in [1.82, 2.24) is 9.71 Å². The summed E-state index contributed by atoms with van der Waals surface area (Å²) in [5.41, 5.74) is -0.678. The minimum absolute atomic E-state index is 0.335. The van der Waals surface area contributed by atoms with Gasteiger partial charge >= 0.3 is 5.37 Å². The average Bonchev–Trinajstić information content (AvgIpc) is 2.86. The first kappa shape index (κ1) is 14.4. The van der Waals surface area contributed by atoms with Crippen molar-refractivity contribution in [3.8, 4) is 0 Å². The lowest BCUT2D eigenvalue weighted by Crippen LogP contribution is -2.32. The predicted octanol–water partition coefficient (Wildman–Crippen LogP) is -0.834. The van der Waals surface area contributed by atoms with E-state index in [1.54, 1.807) is 0 Å². The van der Waals surface area contributed by atoms with Gasteiger partial charge in [-0.25, -0.2) is 33.1 Å². The number of hydrogen-bond acceptors (Lipinski definition) is 7. The van der Waals surface area contributed by atoms with Gasteiger partial charge in [0.1, 0.15) is 5.69 Å². The number of nitrogens with one attached hydrogen (secondary N) is 1. The van der Waals surface area contributed by atoms with Crippen LogP contribution in [-0.4, -0.2) is 39.4 Å². The highest BCUT2D eigenvalue weighted by molar-refractivity contribution is 8.06. The third-order valence-electron chi connectivity index (χ3n) is 2.55. The first-order valence-electron chi connectivity index (χ1n) is 4.99. The van der Waals surface area contributed by atoms with Crippen molar-refractivity contribution in [2.45, 2.75) is 10.5 Å². The normalized spacial score (nSPS) is 18.8. The molecule has 0 bridgehead atoms. The molecule has 20 heavy (non-hydrogen) atoms.